The van der Waals surface area contributed by atoms with Gasteiger partial charge in [-0.3, -0.25) is 4.90 Å². The molecule has 0 spiro atoms. The average molecular weight is 203 g/mol. The normalized spacial score (nSPS) is 28.1. The van der Waals surface area contributed by atoms with Gasteiger partial charge in [0.25, 0.3) is 0 Å². The van der Waals surface area contributed by atoms with Crippen LogP contribution in [0.2, 0.25) is 0 Å². The number of likely N-dealkylation sites (tertiary alicyclic amines) is 1. The van der Waals surface area contributed by atoms with Crippen LogP contribution in [0.4, 0.5) is 0 Å². The summed E-state index contributed by atoms with van der Waals surface area (Å²) < 4.78 is 0. The molecule has 14 heavy (non-hydrogen) atoms. The molecule has 0 aromatic rings. The topological polar surface area (TPSA) is 60.8 Å². The van der Waals surface area contributed by atoms with Gasteiger partial charge >= 0.3 is 0 Å². The second-order valence-corrected chi connectivity index (χ2v) is 3.81. The number of hydrogen-bond donors (Lipinski definition) is 2. The Bertz CT molecular complexity index is 172. The summed E-state index contributed by atoms with van der Waals surface area (Å²) in [6.07, 6.45) is -0.606. The molecule has 2 N–H and O–H groups in total. The lowest BCUT2D eigenvalue weighted by atomic mass is 10.1. The Kier molecular flexibility index (Phi) is 5.26. The fourth-order valence-corrected chi connectivity index (χ4v) is 1.31. The molecule has 4 nitrogen and oxygen atoms in total. The third-order valence-electron chi connectivity index (χ3n) is 2.36. The minimum Gasteiger partial charge on any atom is -0.389 e. The molecule has 2 atom stereocenters. The summed E-state index contributed by atoms with van der Waals surface area (Å²) in [5.74, 6) is 0. The molecule has 4 heteroatoms. The fourth-order valence-electron chi connectivity index (χ4n) is 1.31. The Labute approximate surface area is 85.5 Å². The lowest BCUT2D eigenvalue weighted by Gasteiger charge is -2.29. The van der Waals surface area contributed by atoms with E-state index < -0.39 is 17.7 Å². The summed E-state index contributed by atoms with van der Waals surface area (Å²) >= 11 is 0. The molecule has 0 bridgehead atoms. The first kappa shape index (κ1) is 13.5. The zero-order chi connectivity index (χ0) is 11.4. The predicted molar refractivity (Wildman–Crippen MR) is 55.1 cm³/mol. The number of β-amino-alcohol motifs (C(OH)–C–C–N with tert-alkyl or cyclic N) is 2. The Hall–Kier alpha value is -0.450. The maximum atomic E-state index is 10.6. The highest BCUT2D eigenvalue weighted by atomic mass is 16.3. The van der Waals surface area contributed by atoms with Gasteiger partial charge in [-0.2, -0.15) is 0 Å². The molecule has 1 heterocycles. The van der Waals surface area contributed by atoms with Gasteiger partial charge < -0.3 is 15.0 Å². The van der Waals surface area contributed by atoms with E-state index in [0.29, 0.717) is 13.1 Å². The van der Waals surface area contributed by atoms with Crippen LogP contribution in [-0.2, 0) is 4.79 Å². The molecule has 1 saturated heterocycles. The molecule has 0 amide bonds. The van der Waals surface area contributed by atoms with Crippen molar-refractivity contribution < 1.29 is 15.0 Å². The van der Waals surface area contributed by atoms with Gasteiger partial charge in [0.2, 0.25) is 0 Å². The van der Waals surface area contributed by atoms with Gasteiger partial charge in [-0.15, -0.1) is 0 Å². The number of aliphatic hydroxyl groups excluding tert-OH is 2. The van der Waals surface area contributed by atoms with Crippen molar-refractivity contribution in [1.29, 1.82) is 0 Å². The van der Waals surface area contributed by atoms with Crippen molar-refractivity contribution in [2.75, 3.05) is 13.1 Å². The molecule has 0 aromatic heterocycles. The quantitative estimate of drug-likeness (QED) is 0.621. The maximum Gasteiger partial charge on any atom is 0.139 e. The number of rotatable bonds is 2. The molecule has 2 unspecified atom stereocenters. The zero-order valence-corrected chi connectivity index (χ0v) is 9.40. The van der Waals surface area contributed by atoms with Gasteiger partial charge in [0.1, 0.15) is 6.29 Å². The van der Waals surface area contributed by atoms with E-state index in [1.807, 2.05) is 13.8 Å². The minimum absolute atomic E-state index is 0.368. The summed E-state index contributed by atoms with van der Waals surface area (Å²) in [5, 5.41) is 18.4. The van der Waals surface area contributed by atoms with Crippen molar-refractivity contribution in [1.82, 2.24) is 4.90 Å². The first-order valence-corrected chi connectivity index (χ1v) is 5.05. The highest BCUT2D eigenvalue weighted by Gasteiger charge is 2.37. The van der Waals surface area contributed by atoms with Gasteiger partial charge in [0, 0.05) is 13.1 Å². The van der Waals surface area contributed by atoms with Crippen molar-refractivity contribution >= 4 is 6.29 Å². The van der Waals surface area contributed by atoms with Crippen molar-refractivity contribution in [2.45, 2.75) is 45.4 Å². The molecular weight excluding hydrogens is 182 g/mol. The van der Waals surface area contributed by atoms with Crippen LogP contribution in [0.1, 0.15) is 27.7 Å². The number of aldehydes is 1. The van der Waals surface area contributed by atoms with Gasteiger partial charge in [-0.05, 0) is 13.8 Å². The van der Waals surface area contributed by atoms with Crippen LogP contribution in [0.5, 0.6) is 0 Å². The van der Waals surface area contributed by atoms with E-state index in [9.17, 15) is 15.0 Å². The van der Waals surface area contributed by atoms with Gasteiger partial charge in [0.15, 0.2) is 0 Å². The van der Waals surface area contributed by atoms with E-state index >= 15 is 0 Å². The number of carbonyl (C=O) groups excluding carboxylic acids is 1. The van der Waals surface area contributed by atoms with Gasteiger partial charge in [0.05, 0.1) is 17.7 Å². The Morgan fingerprint density at radius 1 is 1.21 bits per heavy atom. The molecule has 0 aliphatic carbocycles. The molecule has 1 aliphatic rings. The Balaban J connectivity index is 0.000000791. The zero-order valence-electron chi connectivity index (χ0n) is 9.40. The minimum atomic E-state index is -0.718. The third-order valence-corrected chi connectivity index (χ3v) is 2.36. The van der Waals surface area contributed by atoms with Crippen LogP contribution in [0, 0.1) is 0 Å². The first-order valence-electron chi connectivity index (χ1n) is 5.05. The summed E-state index contributed by atoms with van der Waals surface area (Å²) in [6, 6.07) is 0. The lowest BCUT2D eigenvalue weighted by Crippen LogP contribution is -2.44. The van der Waals surface area contributed by atoms with Crippen LogP contribution >= 0.6 is 0 Å². The SMILES string of the molecule is CC.CC(C)(C=O)N1CC(O)C(O)C1. The Morgan fingerprint density at radius 2 is 1.57 bits per heavy atom. The monoisotopic (exact) mass is 203 g/mol. The Morgan fingerprint density at radius 3 is 1.86 bits per heavy atom. The summed E-state index contributed by atoms with van der Waals surface area (Å²) in [5.41, 5.74) is -0.585. The fraction of sp³-hybridized carbons (Fsp3) is 0.900. The largest absolute Gasteiger partial charge is 0.389 e. The standard InChI is InChI=1S/C8H15NO3.C2H6/c1-8(2,5-10)9-3-6(11)7(12)4-9;1-2/h5-7,11-12H,3-4H2,1-2H3;1-2H3. The third kappa shape index (κ3) is 3.04. The molecule has 84 valence electrons. The number of carbonyl (C=O) groups is 1. The predicted octanol–water partition coefficient (Wildman–Crippen LogP) is 0.0275. The van der Waals surface area contributed by atoms with Gasteiger partial charge in [-0.1, -0.05) is 13.8 Å². The van der Waals surface area contributed by atoms with Crippen LogP contribution < -0.4 is 0 Å². The van der Waals surface area contributed by atoms with E-state index in [0.717, 1.165) is 6.29 Å². The van der Waals surface area contributed by atoms with Crippen LogP contribution in [-0.4, -0.2) is 52.2 Å². The maximum absolute atomic E-state index is 10.6. The van der Waals surface area contributed by atoms with E-state index in [1.165, 1.54) is 0 Å². The second-order valence-electron chi connectivity index (χ2n) is 3.81. The van der Waals surface area contributed by atoms with Crippen LogP contribution in [0.25, 0.3) is 0 Å². The van der Waals surface area contributed by atoms with E-state index in [2.05, 4.69) is 0 Å². The number of nitrogens with zero attached hydrogens (tertiary/aromatic N) is 1. The second kappa shape index (κ2) is 5.44. The number of hydrogen-bond acceptors (Lipinski definition) is 4. The van der Waals surface area contributed by atoms with Crippen molar-refractivity contribution in [2.24, 2.45) is 0 Å². The summed E-state index contributed by atoms with van der Waals surface area (Å²) in [6.45, 7) is 8.27. The molecule has 1 rings (SSSR count). The van der Waals surface area contributed by atoms with Gasteiger partial charge in [-0.25, -0.2) is 0 Å². The molecule has 1 fully saturated rings. The molecule has 0 aromatic carbocycles. The smallest absolute Gasteiger partial charge is 0.139 e. The highest BCUT2D eigenvalue weighted by Crippen LogP contribution is 2.19. The van der Waals surface area contributed by atoms with Crippen LogP contribution in [0.15, 0.2) is 0 Å². The molecular formula is C10H21NO3. The van der Waals surface area contributed by atoms with E-state index in [-0.39, 0.29) is 0 Å². The average Bonchev–Trinajstić information content (AvgIpc) is 2.51. The molecule has 0 saturated carbocycles. The van der Waals surface area contributed by atoms with E-state index in [1.54, 1.807) is 18.7 Å². The van der Waals surface area contributed by atoms with Crippen molar-refractivity contribution in [3.8, 4) is 0 Å². The molecule has 1 aliphatic heterocycles. The van der Waals surface area contributed by atoms with Crippen LogP contribution in [0.3, 0.4) is 0 Å². The molecule has 0 radical (unpaired) electrons. The highest BCUT2D eigenvalue weighted by molar-refractivity contribution is 5.62. The summed E-state index contributed by atoms with van der Waals surface area (Å²) in [4.78, 5) is 12.4. The number of aliphatic hydroxyl groups is 2. The lowest BCUT2D eigenvalue weighted by molar-refractivity contribution is -0.116. The van der Waals surface area contributed by atoms with E-state index in [4.69, 9.17) is 0 Å². The van der Waals surface area contributed by atoms with Crippen molar-refractivity contribution in [3.05, 3.63) is 0 Å². The first-order chi connectivity index (χ1) is 6.47. The summed E-state index contributed by atoms with van der Waals surface area (Å²) in [7, 11) is 0. The van der Waals surface area contributed by atoms with Crippen molar-refractivity contribution in [3.63, 3.8) is 0 Å².